The van der Waals surface area contributed by atoms with E-state index in [4.69, 9.17) is 9.15 Å². The van der Waals surface area contributed by atoms with E-state index in [9.17, 15) is 9.59 Å². The zero-order chi connectivity index (χ0) is 24.5. The van der Waals surface area contributed by atoms with E-state index >= 15 is 0 Å². The van der Waals surface area contributed by atoms with Crippen LogP contribution in [-0.2, 0) is 10.2 Å². The summed E-state index contributed by atoms with van der Waals surface area (Å²) in [5.74, 6) is -0.350. The number of carbonyl (C=O) groups excluding carboxylic acids is 1. The van der Waals surface area contributed by atoms with Crippen molar-refractivity contribution in [3.8, 4) is 0 Å². The zero-order valence-corrected chi connectivity index (χ0v) is 20.7. The van der Waals surface area contributed by atoms with Crippen LogP contribution in [0.15, 0.2) is 51.7 Å². The van der Waals surface area contributed by atoms with Gasteiger partial charge in [0.1, 0.15) is 5.58 Å². The molecule has 1 aliphatic heterocycles. The third-order valence-corrected chi connectivity index (χ3v) is 6.49. The summed E-state index contributed by atoms with van der Waals surface area (Å²) in [6.45, 7) is 13.7. The first kappa shape index (κ1) is 24.2. The first-order chi connectivity index (χ1) is 16.1. The third kappa shape index (κ3) is 5.24. The van der Waals surface area contributed by atoms with Gasteiger partial charge < -0.3 is 14.5 Å². The standard InChI is InChI=1S/C28H34N2O4/c1-18-14-19(2)26-22(15-18)24(31)16-25(34-26)27(32)29-17-23(30-10-12-33-13-11-30)20-6-8-21(9-7-20)28(3,4)5/h6-9,14-16,23H,10-13,17H2,1-5H3,(H,29,32)/t23-/m0/s1. The number of nitrogens with one attached hydrogen (secondary N) is 1. The van der Waals surface area contributed by atoms with E-state index in [1.165, 1.54) is 11.6 Å². The van der Waals surface area contributed by atoms with Crippen LogP contribution in [0, 0.1) is 13.8 Å². The van der Waals surface area contributed by atoms with Gasteiger partial charge in [-0.25, -0.2) is 0 Å². The van der Waals surface area contributed by atoms with E-state index in [2.05, 4.69) is 55.3 Å². The average Bonchev–Trinajstić information content (AvgIpc) is 2.80. The lowest BCUT2D eigenvalue weighted by molar-refractivity contribution is 0.0161. The van der Waals surface area contributed by atoms with E-state index in [0.717, 1.165) is 29.8 Å². The van der Waals surface area contributed by atoms with E-state index in [0.29, 0.717) is 30.7 Å². The molecule has 2 aromatic carbocycles. The highest BCUT2D eigenvalue weighted by atomic mass is 16.5. The van der Waals surface area contributed by atoms with Crippen LogP contribution < -0.4 is 10.7 Å². The summed E-state index contributed by atoms with van der Waals surface area (Å²) < 4.78 is 11.4. The highest BCUT2D eigenvalue weighted by molar-refractivity contribution is 5.93. The Labute approximate surface area is 200 Å². The summed E-state index contributed by atoms with van der Waals surface area (Å²) in [5, 5.41) is 3.51. The molecule has 1 fully saturated rings. The molecule has 1 N–H and O–H groups in total. The van der Waals surface area contributed by atoms with Crippen molar-refractivity contribution in [2.45, 2.75) is 46.1 Å². The summed E-state index contributed by atoms with van der Waals surface area (Å²) >= 11 is 0. The van der Waals surface area contributed by atoms with E-state index in [-0.39, 0.29) is 28.6 Å². The maximum Gasteiger partial charge on any atom is 0.287 e. The lowest BCUT2D eigenvalue weighted by atomic mass is 9.86. The molecule has 4 rings (SSSR count). The summed E-state index contributed by atoms with van der Waals surface area (Å²) in [7, 11) is 0. The molecule has 1 atom stereocenters. The number of amides is 1. The molecule has 6 heteroatoms. The van der Waals surface area contributed by atoms with Gasteiger partial charge in [0.15, 0.2) is 11.2 Å². The van der Waals surface area contributed by atoms with Gasteiger partial charge >= 0.3 is 0 Å². The second-order valence-corrected chi connectivity index (χ2v) is 10.2. The molecule has 0 unspecified atom stereocenters. The molecule has 0 spiro atoms. The van der Waals surface area contributed by atoms with E-state index < -0.39 is 0 Å². The Morgan fingerprint density at radius 2 is 1.74 bits per heavy atom. The number of morpholine rings is 1. The Bertz CT molecular complexity index is 1230. The van der Waals surface area contributed by atoms with Crippen LogP contribution >= 0.6 is 0 Å². The van der Waals surface area contributed by atoms with Crippen molar-refractivity contribution in [2.75, 3.05) is 32.8 Å². The summed E-state index contributed by atoms with van der Waals surface area (Å²) in [5.41, 5.74) is 4.57. The van der Waals surface area contributed by atoms with Gasteiger partial charge in [-0.1, -0.05) is 51.1 Å². The minimum absolute atomic E-state index is 0.00145. The van der Waals surface area contributed by atoms with Gasteiger partial charge in [-0.2, -0.15) is 0 Å². The number of hydrogen-bond acceptors (Lipinski definition) is 5. The molecule has 1 saturated heterocycles. The van der Waals surface area contributed by atoms with Gasteiger partial charge in [-0.3, -0.25) is 14.5 Å². The maximum atomic E-state index is 13.0. The molecule has 3 aromatic rings. The molecule has 1 aromatic heterocycles. The fraction of sp³-hybridized carbons (Fsp3) is 0.429. The predicted molar refractivity (Wildman–Crippen MR) is 135 cm³/mol. The Morgan fingerprint density at radius 3 is 2.38 bits per heavy atom. The molecule has 1 aliphatic rings. The molecule has 0 aliphatic carbocycles. The molecule has 0 radical (unpaired) electrons. The highest BCUT2D eigenvalue weighted by Crippen LogP contribution is 2.27. The molecule has 180 valence electrons. The first-order valence-electron chi connectivity index (χ1n) is 11.9. The lowest BCUT2D eigenvalue weighted by Gasteiger charge is -2.35. The SMILES string of the molecule is Cc1cc(C)c2oc(C(=O)NC[C@@H](c3ccc(C(C)(C)C)cc3)N3CCOCC3)cc(=O)c2c1. The van der Waals surface area contributed by atoms with Crippen molar-refractivity contribution in [1.29, 1.82) is 0 Å². The van der Waals surface area contributed by atoms with Crippen LogP contribution in [0.1, 0.15) is 59.6 Å². The van der Waals surface area contributed by atoms with Crippen molar-refractivity contribution in [2.24, 2.45) is 0 Å². The van der Waals surface area contributed by atoms with Crippen molar-refractivity contribution < 1.29 is 13.9 Å². The molecule has 6 nitrogen and oxygen atoms in total. The second kappa shape index (κ2) is 9.72. The van der Waals surface area contributed by atoms with Gasteiger partial charge in [0.25, 0.3) is 5.91 Å². The van der Waals surface area contributed by atoms with Crippen LogP contribution in [0.3, 0.4) is 0 Å². The van der Waals surface area contributed by atoms with Crippen molar-refractivity contribution >= 4 is 16.9 Å². The maximum absolute atomic E-state index is 13.0. The molecule has 1 amide bonds. The Balaban J connectivity index is 1.57. The molecular formula is C28H34N2O4. The minimum Gasteiger partial charge on any atom is -0.450 e. The van der Waals surface area contributed by atoms with Crippen LogP contribution in [0.4, 0.5) is 0 Å². The number of rotatable bonds is 5. The largest absolute Gasteiger partial charge is 0.450 e. The summed E-state index contributed by atoms with van der Waals surface area (Å²) in [4.78, 5) is 28.0. The van der Waals surface area contributed by atoms with Crippen molar-refractivity contribution in [3.63, 3.8) is 0 Å². The molecular weight excluding hydrogens is 428 g/mol. The van der Waals surface area contributed by atoms with Gasteiger partial charge in [0, 0.05) is 25.7 Å². The molecule has 34 heavy (non-hydrogen) atoms. The lowest BCUT2D eigenvalue weighted by Crippen LogP contribution is -2.43. The van der Waals surface area contributed by atoms with E-state index in [1.807, 2.05) is 19.9 Å². The average molecular weight is 463 g/mol. The number of aryl methyl sites for hydroxylation is 2. The number of carbonyl (C=O) groups is 1. The predicted octanol–water partition coefficient (Wildman–Crippen LogP) is 4.51. The number of benzene rings is 2. The van der Waals surface area contributed by atoms with E-state index in [1.54, 1.807) is 6.07 Å². The summed E-state index contributed by atoms with van der Waals surface area (Å²) in [6.07, 6.45) is 0. The van der Waals surface area contributed by atoms with Crippen LogP contribution in [0.2, 0.25) is 0 Å². The Morgan fingerprint density at radius 1 is 1.06 bits per heavy atom. The fourth-order valence-corrected chi connectivity index (χ4v) is 4.55. The molecule has 2 heterocycles. The van der Waals surface area contributed by atoms with Crippen molar-refractivity contribution in [1.82, 2.24) is 10.2 Å². The highest BCUT2D eigenvalue weighted by Gasteiger charge is 2.25. The normalized spacial score (nSPS) is 15.9. The summed E-state index contributed by atoms with van der Waals surface area (Å²) in [6, 6.07) is 13.7. The van der Waals surface area contributed by atoms with Crippen LogP contribution in [-0.4, -0.2) is 43.7 Å². The topological polar surface area (TPSA) is 71.8 Å². The quantitative estimate of drug-likeness (QED) is 0.604. The molecule has 0 bridgehead atoms. The zero-order valence-electron chi connectivity index (χ0n) is 20.7. The molecule has 0 saturated carbocycles. The second-order valence-electron chi connectivity index (χ2n) is 10.2. The number of hydrogen-bond donors (Lipinski definition) is 1. The minimum atomic E-state index is -0.386. The van der Waals surface area contributed by atoms with Gasteiger partial charge in [-0.05, 0) is 47.6 Å². The number of ether oxygens (including phenoxy) is 1. The van der Waals surface area contributed by atoms with Gasteiger partial charge in [0.2, 0.25) is 0 Å². The van der Waals surface area contributed by atoms with Crippen molar-refractivity contribution in [3.05, 3.63) is 80.7 Å². The first-order valence-corrected chi connectivity index (χ1v) is 11.9. The Kier molecular flexibility index (Phi) is 6.91. The van der Waals surface area contributed by atoms with Gasteiger partial charge in [-0.15, -0.1) is 0 Å². The number of nitrogens with zero attached hydrogens (tertiary/aromatic N) is 1. The monoisotopic (exact) mass is 462 g/mol. The van der Waals surface area contributed by atoms with Gasteiger partial charge in [0.05, 0.1) is 24.6 Å². The third-order valence-electron chi connectivity index (χ3n) is 6.49. The fourth-order valence-electron chi connectivity index (χ4n) is 4.55. The smallest absolute Gasteiger partial charge is 0.287 e. The van der Waals surface area contributed by atoms with Crippen LogP contribution in [0.5, 0.6) is 0 Å². The Hall–Kier alpha value is -2.96. The number of fused-ring (bicyclic) bond motifs is 1. The van der Waals surface area contributed by atoms with Crippen LogP contribution in [0.25, 0.3) is 11.0 Å².